The fourth-order valence-corrected chi connectivity index (χ4v) is 15.0. The van der Waals surface area contributed by atoms with Crippen molar-refractivity contribution in [2.45, 2.75) is 211 Å². The molecule has 8 aliphatic rings. The molecule has 7 nitrogen and oxygen atoms in total. The van der Waals surface area contributed by atoms with Gasteiger partial charge in [0.2, 0.25) is 0 Å². The average molecular weight is 1170 g/mol. The summed E-state index contributed by atoms with van der Waals surface area (Å²) < 4.78 is 42.0. The van der Waals surface area contributed by atoms with Crippen molar-refractivity contribution in [2.75, 3.05) is 6.61 Å². The molecular formula is C54H88O7VWY-4. The Balaban J connectivity index is 0.00000224. The summed E-state index contributed by atoms with van der Waals surface area (Å²) in [5.41, 5.74) is 1.88. The van der Waals surface area contributed by atoms with E-state index in [4.69, 9.17) is 28.4 Å². The third-order valence-corrected chi connectivity index (χ3v) is 20.2. The van der Waals surface area contributed by atoms with Gasteiger partial charge in [-0.25, -0.2) is 0 Å². The van der Waals surface area contributed by atoms with Crippen molar-refractivity contribution in [2.24, 2.45) is 86.8 Å². The summed E-state index contributed by atoms with van der Waals surface area (Å²) in [5.74, 6) is 5.83. The number of carbonyl (C=O) groups excluding carboxylic acids is 1. The van der Waals surface area contributed by atoms with Crippen molar-refractivity contribution in [1.29, 1.82) is 0 Å². The van der Waals surface area contributed by atoms with Gasteiger partial charge in [0.1, 0.15) is 6.10 Å². The summed E-state index contributed by atoms with van der Waals surface area (Å²) in [7, 11) is 0. The van der Waals surface area contributed by atoms with Crippen LogP contribution in [-0.2, 0) is 106 Å². The van der Waals surface area contributed by atoms with Gasteiger partial charge < -0.3 is 47.1 Å². The molecule has 0 aromatic rings. The Morgan fingerprint density at radius 3 is 2.11 bits per heavy atom. The minimum atomic E-state index is -0.590. The van der Waals surface area contributed by atoms with E-state index in [1.807, 2.05) is 0 Å². The zero-order valence-corrected chi connectivity index (χ0v) is 49.9. The second-order valence-electron chi connectivity index (χ2n) is 23.8. The van der Waals surface area contributed by atoms with Gasteiger partial charge in [0, 0.05) is 90.1 Å². The van der Waals surface area contributed by atoms with E-state index in [0.29, 0.717) is 54.0 Å². The van der Waals surface area contributed by atoms with Gasteiger partial charge in [-0.1, -0.05) is 138 Å². The molecule has 3 heterocycles. The van der Waals surface area contributed by atoms with Crippen molar-refractivity contribution >= 4 is 6.29 Å². The minimum absolute atomic E-state index is 0. The van der Waals surface area contributed by atoms with Crippen molar-refractivity contribution < 1.29 is 106 Å². The fraction of sp³-hybridized carbons (Fsp3) is 0.889. The maximum absolute atomic E-state index is 12.7. The molecule has 3 saturated heterocycles. The smallest absolute Gasteiger partial charge is 0.184 e. The molecule has 7 fully saturated rings. The van der Waals surface area contributed by atoms with E-state index >= 15 is 0 Å². The second kappa shape index (κ2) is 22.1. The normalized spacial score (nSPS) is 51.0. The van der Waals surface area contributed by atoms with Crippen LogP contribution in [0.4, 0.5) is 0 Å². The summed E-state index contributed by atoms with van der Waals surface area (Å²) in [6.07, 6.45) is 16.5. The fourth-order valence-electron chi connectivity index (χ4n) is 15.0. The molecule has 8 unspecified atom stereocenters. The molecule has 10 heteroatoms. The molecule has 0 bridgehead atoms. The van der Waals surface area contributed by atoms with Gasteiger partial charge in [-0.2, -0.15) is 19.3 Å². The van der Waals surface area contributed by atoms with Crippen LogP contribution in [0.2, 0.25) is 0 Å². The quantitative estimate of drug-likeness (QED) is 0.136. The molecule has 22 atom stereocenters. The molecular weight excluding hydrogens is 1080 g/mol. The molecule has 2 radical (unpaired) electrons. The Bertz CT molecular complexity index is 1580. The molecule has 364 valence electrons. The topological polar surface area (TPSA) is 72.5 Å². The Hall–Kier alpha value is 1.55. The Morgan fingerprint density at radius 1 is 0.781 bits per heavy atom. The van der Waals surface area contributed by atoms with Gasteiger partial charge in [-0.3, -0.25) is 17.6 Å². The van der Waals surface area contributed by atoms with E-state index in [1.54, 1.807) is 5.57 Å². The van der Waals surface area contributed by atoms with Gasteiger partial charge in [0.25, 0.3) is 0 Å². The summed E-state index contributed by atoms with van der Waals surface area (Å²) in [5, 5.41) is 0. The number of fused-ring (bicyclic) bond motifs is 7. The Labute approximate surface area is 443 Å². The van der Waals surface area contributed by atoms with Crippen LogP contribution in [0.25, 0.3) is 0 Å². The van der Waals surface area contributed by atoms with Gasteiger partial charge >= 0.3 is 0 Å². The van der Waals surface area contributed by atoms with Gasteiger partial charge in [-0.05, 0) is 85.4 Å². The molecule has 3 aliphatic heterocycles. The van der Waals surface area contributed by atoms with E-state index < -0.39 is 17.8 Å². The van der Waals surface area contributed by atoms with E-state index in [0.717, 1.165) is 51.4 Å². The van der Waals surface area contributed by atoms with Crippen LogP contribution in [0.15, 0.2) is 11.6 Å². The largest absolute Gasteiger partial charge is 0.544 e. The summed E-state index contributed by atoms with van der Waals surface area (Å²) in [6.45, 7) is 33.7. The predicted molar refractivity (Wildman–Crippen MR) is 243 cm³/mol. The van der Waals surface area contributed by atoms with Crippen LogP contribution in [0.3, 0.4) is 0 Å². The van der Waals surface area contributed by atoms with Crippen LogP contribution in [0.1, 0.15) is 161 Å². The van der Waals surface area contributed by atoms with Crippen molar-refractivity contribution in [3.63, 3.8) is 0 Å². The third-order valence-electron chi connectivity index (χ3n) is 20.2. The SMILES string of the molecule is CCC1O[C@@H](OC2[C@H](O[C@H]3CCC4(C)C5CC=C6C7CC(C)(C)CC[C@]7([C-]=O)[CH-]C[C@H]6[C@@]5(C)CC[C@H]4[C-]3C)OC(C)[C@@H](C)[C@@H]2O[C@@H]2OC[C@@H](C)[C@H](C)C2C)C(C)[C@@H](C)[C@H]1C.[CH3-].[V].[W].[Y]. The van der Waals surface area contributed by atoms with E-state index in [1.165, 1.54) is 18.8 Å². The molecule has 4 saturated carbocycles. The van der Waals surface area contributed by atoms with Crippen LogP contribution >= 0.6 is 0 Å². The maximum atomic E-state index is 12.7. The van der Waals surface area contributed by atoms with Crippen LogP contribution < -0.4 is 0 Å². The average Bonchev–Trinajstić information content (AvgIpc) is 3.21. The molecule has 5 aliphatic carbocycles. The Morgan fingerprint density at radius 2 is 1.44 bits per heavy atom. The zero-order valence-electron chi connectivity index (χ0n) is 42.7. The van der Waals surface area contributed by atoms with Gasteiger partial charge in [0.05, 0.1) is 24.9 Å². The number of hydrogen-bond donors (Lipinski definition) is 0. The second-order valence-corrected chi connectivity index (χ2v) is 23.8. The predicted octanol–water partition coefficient (Wildman–Crippen LogP) is 12.2. The third kappa shape index (κ3) is 10.1. The number of hydrogen-bond acceptors (Lipinski definition) is 7. The first-order chi connectivity index (χ1) is 28.3. The molecule has 8 rings (SSSR count). The number of allylic oxidation sites excluding steroid dienone is 2. The van der Waals surface area contributed by atoms with Crippen molar-refractivity contribution in [3.05, 3.63) is 31.4 Å². The van der Waals surface area contributed by atoms with E-state index in [2.05, 4.69) is 116 Å². The van der Waals surface area contributed by atoms with Crippen molar-refractivity contribution in [3.8, 4) is 0 Å². The van der Waals surface area contributed by atoms with Crippen LogP contribution in [0, 0.1) is 107 Å². The van der Waals surface area contributed by atoms with E-state index in [9.17, 15) is 4.79 Å². The first-order valence-corrected chi connectivity index (χ1v) is 24.9. The van der Waals surface area contributed by atoms with Gasteiger partial charge in [0.15, 0.2) is 18.9 Å². The molecule has 0 aromatic carbocycles. The zero-order chi connectivity index (χ0) is 43.3. The van der Waals surface area contributed by atoms with Crippen LogP contribution in [-0.4, -0.2) is 62.3 Å². The molecule has 64 heavy (non-hydrogen) atoms. The van der Waals surface area contributed by atoms with Crippen molar-refractivity contribution in [1.82, 2.24) is 0 Å². The standard InChI is InChI=1S/C53H85O7.CH3.V.W.Y/c1-15-42-32(5)31(4)34(7)48(57-42)60-46-45(59-47-33(6)30(3)29(2)27-55-47)35(8)37(10)56-49(46)58-43-20-22-51(13)39(36(43)9)18-21-52(14)40-19-23-53(28-54)25-24-50(11,12)26-41(53)38(40)16-17-44(51)52;;;;/h16,23,29-35,37,39-49H,15,17-22,24-27H2,1-14H3;1H3;;;/q-3;-1;;;/t29-,30+,31+,32-,33?,34?,35-,37?,39+,40-,41?,42?,43+,44?,45+,46?,47+,48+,49+,51?,52-,53+;;;;/m1..../s1. The maximum Gasteiger partial charge on any atom is 0.184 e. The van der Waals surface area contributed by atoms with E-state index in [-0.39, 0.29) is 151 Å². The molecule has 0 amide bonds. The molecule has 0 N–H and O–H groups in total. The number of ether oxygens (including phenoxy) is 6. The monoisotopic (exact) mass is 1170 g/mol. The first kappa shape index (κ1) is 58.1. The molecule has 0 aromatic heterocycles. The number of rotatable bonds is 8. The summed E-state index contributed by atoms with van der Waals surface area (Å²) in [6, 6.07) is 0. The van der Waals surface area contributed by atoms with Crippen LogP contribution in [0.5, 0.6) is 0 Å². The summed E-state index contributed by atoms with van der Waals surface area (Å²) in [4.78, 5) is 12.7. The minimum Gasteiger partial charge on any atom is -0.544 e. The van der Waals surface area contributed by atoms with Gasteiger partial charge in [-0.15, -0.1) is 0 Å². The molecule has 0 spiro atoms. The Kier molecular flexibility index (Phi) is 20.1. The first-order valence-electron chi connectivity index (χ1n) is 24.9. The summed E-state index contributed by atoms with van der Waals surface area (Å²) >= 11 is 0.